The van der Waals surface area contributed by atoms with Crippen LogP contribution in [0, 0.1) is 10.8 Å². The zero-order valence-electron chi connectivity index (χ0n) is 10.9. The van der Waals surface area contributed by atoms with E-state index in [4.69, 9.17) is 15.8 Å². The molecule has 0 aromatic heterocycles. The molecule has 0 bridgehead atoms. The Balaban J connectivity index is 4.65. The third-order valence-electron chi connectivity index (χ3n) is 3.57. The molecular formula is C12H25NO3. The summed E-state index contributed by atoms with van der Waals surface area (Å²) in [6, 6.07) is 0. The van der Waals surface area contributed by atoms with Gasteiger partial charge >= 0.3 is 5.97 Å². The van der Waals surface area contributed by atoms with Gasteiger partial charge in [0.2, 0.25) is 0 Å². The Morgan fingerprint density at radius 2 is 1.75 bits per heavy atom. The molecule has 0 spiro atoms. The number of rotatable bonds is 8. The molecule has 0 saturated carbocycles. The van der Waals surface area contributed by atoms with Crippen LogP contribution in [0.2, 0.25) is 0 Å². The topological polar surface area (TPSA) is 72.5 Å². The van der Waals surface area contributed by atoms with Gasteiger partial charge in [0, 0.05) is 0 Å². The van der Waals surface area contributed by atoms with E-state index in [1.54, 1.807) is 0 Å². The number of nitrogens with two attached hydrogens (primary N) is 1. The van der Waals surface area contributed by atoms with Crippen molar-refractivity contribution < 1.29 is 14.7 Å². The van der Waals surface area contributed by atoms with E-state index in [1.165, 1.54) is 0 Å². The summed E-state index contributed by atoms with van der Waals surface area (Å²) in [5.74, 6) is 4.40. The molecule has 0 heterocycles. The highest BCUT2D eigenvalue weighted by Crippen LogP contribution is 2.41. The van der Waals surface area contributed by atoms with Crippen LogP contribution in [0.4, 0.5) is 0 Å². The number of carbonyl (C=O) groups is 1. The van der Waals surface area contributed by atoms with Crippen molar-refractivity contribution in [2.24, 2.45) is 16.7 Å². The maximum atomic E-state index is 10.8. The van der Waals surface area contributed by atoms with Gasteiger partial charge in [0.25, 0.3) is 0 Å². The standard InChI is InChI=1S/C12H25NO3/c1-5-11(3,7-10(14)15)8-12(4,6-2)9-16-13/h5-9,13H2,1-4H3,(H,14,15). The minimum Gasteiger partial charge on any atom is -0.481 e. The van der Waals surface area contributed by atoms with Crippen molar-refractivity contribution in [3.63, 3.8) is 0 Å². The molecule has 0 fully saturated rings. The smallest absolute Gasteiger partial charge is 0.303 e. The quantitative estimate of drug-likeness (QED) is 0.630. The first-order chi connectivity index (χ1) is 7.31. The molecule has 2 atom stereocenters. The average Bonchev–Trinajstić information content (AvgIpc) is 2.16. The van der Waals surface area contributed by atoms with E-state index in [1.807, 2.05) is 13.8 Å². The lowest BCUT2D eigenvalue weighted by molar-refractivity contribution is -0.140. The fourth-order valence-electron chi connectivity index (χ4n) is 2.19. The summed E-state index contributed by atoms with van der Waals surface area (Å²) in [4.78, 5) is 15.6. The van der Waals surface area contributed by atoms with Crippen molar-refractivity contribution >= 4 is 5.97 Å². The molecule has 0 aromatic carbocycles. The summed E-state index contributed by atoms with van der Waals surface area (Å²) in [5.41, 5.74) is -0.232. The Labute approximate surface area is 98.1 Å². The van der Waals surface area contributed by atoms with Crippen molar-refractivity contribution in [3.05, 3.63) is 0 Å². The minimum atomic E-state index is -0.739. The van der Waals surface area contributed by atoms with E-state index in [9.17, 15) is 4.79 Å². The Morgan fingerprint density at radius 1 is 1.25 bits per heavy atom. The molecule has 16 heavy (non-hydrogen) atoms. The van der Waals surface area contributed by atoms with E-state index in [2.05, 4.69) is 13.8 Å². The summed E-state index contributed by atoms with van der Waals surface area (Å²) in [7, 11) is 0. The summed E-state index contributed by atoms with van der Waals surface area (Å²) >= 11 is 0. The van der Waals surface area contributed by atoms with Gasteiger partial charge in [0.05, 0.1) is 13.0 Å². The van der Waals surface area contributed by atoms with Gasteiger partial charge in [-0.3, -0.25) is 4.79 Å². The third-order valence-corrected chi connectivity index (χ3v) is 3.57. The molecule has 3 N–H and O–H groups in total. The van der Waals surface area contributed by atoms with Gasteiger partial charge in [-0.2, -0.15) is 0 Å². The lowest BCUT2D eigenvalue weighted by Gasteiger charge is -2.37. The van der Waals surface area contributed by atoms with E-state index >= 15 is 0 Å². The van der Waals surface area contributed by atoms with Gasteiger partial charge in [0.15, 0.2) is 0 Å². The normalized spacial score (nSPS) is 18.8. The maximum Gasteiger partial charge on any atom is 0.303 e. The second-order valence-corrected chi connectivity index (χ2v) is 5.39. The van der Waals surface area contributed by atoms with Crippen molar-refractivity contribution in [1.82, 2.24) is 0 Å². The molecule has 0 amide bonds. The second-order valence-electron chi connectivity index (χ2n) is 5.39. The molecule has 4 heteroatoms. The molecular weight excluding hydrogens is 206 g/mol. The van der Waals surface area contributed by atoms with Gasteiger partial charge in [0.1, 0.15) is 0 Å². The van der Waals surface area contributed by atoms with Crippen LogP contribution in [0.15, 0.2) is 0 Å². The molecule has 96 valence electrons. The molecule has 0 radical (unpaired) electrons. The lowest BCUT2D eigenvalue weighted by Crippen LogP contribution is -2.33. The highest BCUT2D eigenvalue weighted by molar-refractivity contribution is 5.67. The van der Waals surface area contributed by atoms with Crippen LogP contribution in [0.1, 0.15) is 53.4 Å². The molecule has 0 aliphatic rings. The summed E-state index contributed by atoms with van der Waals surface area (Å²) in [6.07, 6.45) is 2.79. The van der Waals surface area contributed by atoms with Crippen molar-refractivity contribution in [3.8, 4) is 0 Å². The maximum absolute atomic E-state index is 10.8. The fraction of sp³-hybridized carbons (Fsp3) is 0.917. The molecule has 2 unspecified atom stereocenters. The predicted molar refractivity (Wildman–Crippen MR) is 63.8 cm³/mol. The van der Waals surface area contributed by atoms with Crippen molar-refractivity contribution in [2.75, 3.05) is 6.61 Å². The second kappa shape index (κ2) is 6.21. The van der Waals surface area contributed by atoms with Crippen LogP contribution in [-0.4, -0.2) is 17.7 Å². The van der Waals surface area contributed by atoms with Crippen LogP contribution in [0.25, 0.3) is 0 Å². The lowest BCUT2D eigenvalue weighted by atomic mass is 9.69. The van der Waals surface area contributed by atoms with Gasteiger partial charge in [-0.25, -0.2) is 5.90 Å². The molecule has 0 saturated heterocycles. The largest absolute Gasteiger partial charge is 0.481 e. The van der Waals surface area contributed by atoms with E-state index in [0.717, 1.165) is 19.3 Å². The van der Waals surface area contributed by atoms with E-state index in [0.29, 0.717) is 6.61 Å². The van der Waals surface area contributed by atoms with Crippen LogP contribution in [0.5, 0.6) is 0 Å². The predicted octanol–water partition coefficient (Wildman–Crippen LogP) is 2.57. The number of aliphatic carboxylic acids is 1. The number of carboxylic acids is 1. The summed E-state index contributed by atoms with van der Waals surface area (Å²) in [6.45, 7) is 8.69. The van der Waals surface area contributed by atoms with Gasteiger partial charge in [-0.1, -0.05) is 34.1 Å². The number of carboxylic acid groups (broad SMARTS) is 1. The average molecular weight is 231 g/mol. The van der Waals surface area contributed by atoms with Gasteiger partial charge in [-0.05, 0) is 23.7 Å². The SMILES string of the molecule is CCC(C)(CON)CC(C)(CC)CC(=O)O. The molecule has 0 aliphatic heterocycles. The van der Waals surface area contributed by atoms with Crippen LogP contribution in [-0.2, 0) is 9.63 Å². The minimum absolute atomic E-state index is 0.0467. The highest BCUT2D eigenvalue weighted by Gasteiger charge is 2.35. The number of hydrogen-bond donors (Lipinski definition) is 2. The first-order valence-corrected chi connectivity index (χ1v) is 5.84. The van der Waals surface area contributed by atoms with Gasteiger partial charge < -0.3 is 9.94 Å². The molecule has 4 nitrogen and oxygen atoms in total. The molecule has 0 rings (SSSR count). The van der Waals surface area contributed by atoms with Gasteiger partial charge in [-0.15, -0.1) is 0 Å². The highest BCUT2D eigenvalue weighted by atomic mass is 16.6. The Morgan fingerprint density at radius 3 is 2.06 bits per heavy atom. The van der Waals surface area contributed by atoms with Crippen LogP contribution in [0.3, 0.4) is 0 Å². The van der Waals surface area contributed by atoms with Crippen molar-refractivity contribution in [1.29, 1.82) is 0 Å². The first kappa shape index (κ1) is 15.4. The van der Waals surface area contributed by atoms with Crippen LogP contribution < -0.4 is 5.90 Å². The molecule has 0 aromatic rings. The summed E-state index contributed by atoms with van der Waals surface area (Å²) < 4.78 is 0. The first-order valence-electron chi connectivity index (χ1n) is 5.84. The summed E-state index contributed by atoms with van der Waals surface area (Å²) in [5, 5.41) is 8.92. The third kappa shape index (κ3) is 4.94. The Hall–Kier alpha value is -0.610. The van der Waals surface area contributed by atoms with Crippen LogP contribution >= 0.6 is 0 Å². The monoisotopic (exact) mass is 231 g/mol. The Kier molecular flexibility index (Phi) is 5.97. The van der Waals surface area contributed by atoms with E-state index < -0.39 is 5.97 Å². The number of hydrogen-bond acceptors (Lipinski definition) is 3. The zero-order valence-corrected chi connectivity index (χ0v) is 10.9. The zero-order chi connectivity index (χ0) is 12.8. The van der Waals surface area contributed by atoms with E-state index in [-0.39, 0.29) is 17.3 Å². The Bertz CT molecular complexity index is 232. The molecule has 0 aliphatic carbocycles. The van der Waals surface area contributed by atoms with Crippen molar-refractivity contribution in [2.45, 2.75) is 53.4 Å². The fourth-order valence-corrected chi connectivity index (χ4v) is 2.19.